The Morgan fingerprint density at radius 3 is 2.54 bits per heavy atom. The SMILES string of the molecule is Cc1ccc(-n2ncc3c2ncn2nc(-c4ccccc4)nc32)cc1C. The number of fused-ring (bicyclic) bond motifs is 3. The molecule has 0 saturated heterocycles. The lowest BCUT2D eigenvalue weighted by Gasteiger charge is -2.06. The first-order valence-electron chi connectivity index (χ1n) is 8.43. The van der Waals surface area contributed by atoms with Crippen LogP contribution in [-0.4, -0.2) is 29.4 Å². The Kier molecular flexibility index (Phi) is 3.12. The van der Waals surface area contributed by atoms with Crippen molar-refractivity contribution in [1.29, 1.82) is 0 Å². The van der Waals surface area contributed by atoms with Gasteiger partial charge in [-0.3, -0.25) is 0 Å². The maximum atomic E-state index is 4.71. The molecule has 26 heavy (non-hydrogen) atoms. The van der Waals surface area contributed by atoms with Crippen molar-refractivity contribution < 1.29 is 0 Å². The molecule has 3 heterocycles. The zero-order valence-electron chi connectivity index (χ0n) is 14.5. The Morgan fingerprint density at radius 1 is 0.885 bits per heavy atom. The van der Waals surface area contributed by atoms with Gasteiger partial charge in [-0.1, -0.05) is 36.4 Å². The molecule has 6 heteroatoms. The van der Waals surface area contributed by atoms with Crippen molar-refractivity contribution in [2.45, 2.75) is 13.8 Å². The van der Waals surface area contributed by atoms with E-state index in [1.807, 2.05) is 35.0 Å². The van der Waals surface area contributed by atoms with Gasteiger partial charge in [0.2, 0.25) is 0 Å². The standard InChI is InChI=1S/C20H16N6/c1-13-8-9-16(10-14(13)2)26-19-17(11-22-26)20-23-18(24-25(20)12-21-19)15-6-4-3-5-7-15/h3-12H,1-2H3. The lowest BCUT2D eigenvalue weighted by atomic mass is 10.1. The van der Waals surface area contributed by atoms with Crippen molar-refractivity contribution in [3.8, 4) is 17.1 Å². The minimum atomic E-state index is 0.679. The highest BCUT2D eigenvalue weighted by molar-refractivity contribution is 5.90. The molecule has 0 aliphatic carbocycles. The smallest absolute Gasteiger partial charge is 0.182 e. The molecular weight excluding hydrogens is 324 g/mol. The lowest BCUT2D eigenvalue weighted by Crippen LogP contribution is -1.99. The highest BCUT2D eigenvalue weighted by atomic mass is 15.3. The molecule has 0 spiro atoms. The van der Waals surface area contributed by atoms with Gasteiger partial charge in [-0.05, 0) is 37.1 Å². The van der Waals surface area contributed by atoms with Gasteiger partial charge >= 0.3 is 0 Å². The van der Waals surface area contributed by atoms with E-state index in [-0.39, 0.29) is 0 Å². The summed E-state index contributed by atoms with van der Waals surface area (Å²) in [5.41, 5.74) is 5.97. The molecule has 0 saturated carbocycles. The Balaban J connectivity index is 1.71. The zero-order chi connectivity index (χ0) is 17.7. The average Bonchev–Trinajstić information content (AvgIpc) is 3.28. The fraction of sp³-hybridized carbons (Fsp3) is 0.100. The van der Waals surface area contributed by atoms with Crippen LogP contribution in [0.25, 0.3) is 33.8 Å². The van der Waals surface area contributed by atoms with Crippen molar-refractivity contribution in [2.75, 3.05) is 0 Å². The largest absolute Gasteiger partial charge is 0.216 e. The van der Waals surface area contributed by atoms with Crippen molar-refractivity contribution >= 4 is 16.7 Å². The lowest BCUT2D eigenvalue weighted by molar-refractivity contribution is 0.881. The maximum Gasteiger partial charge on any atom is 0.182 e. The molecular formula is C20H16N6. The summed E-state index contributed by atoms with van der Waals surface area (Å²) in [5, 5.41) is 9.96. The van der Waals surface area contributed by atoms with E-state index < -0.39 is 0 Å². The molecule has 2 aromatic carbocycles. The van der Waals surface area contributed by atoms with Gasteiger partial charge in [0.1, 0.15) is 6.33 Å². The summed E-state index contributed by atoms with van der Waals surface area (Å²) in [6.07, 6.45) is 3.49. The molecule has 0 fully saturated rings. The van der Waals surface area contributed by atoms with Crippen LogP contribution < -0.4 is 0 Å². The quantitative estimate of drug-likeness (QED) is 0.491. The first-order chi connectivity index (χ1) is 12.7. The molecule has 0 unspecified atom stereocenters. The number of rotatable bonds is 2. The Morgan fingerprint density at radius 2 is 1.73 bits per heavy atom. The molecule has 5 rings (SSSR count). The van der Waals surface area contributed by atoms with Crippen LogP contribution in [0.2, 0.25) is 0 Å². The van der Waals surface area contributed by atoms with Gasteiger partial charge in [0.05, 0.1) is 17.3 Å². The molecule has 0 aliphatic heterocycles. The van der Waals surface area contributed by atoms with E-state index in [9.17, 15) is 0 Å². The number of aryl methyl sites for hydroxylation is 2. The van der Waals surface area contributed by atoms with Crippen LogP contribution in [-0.2, 0) is 0 Å². The van der Waals surface area contributed by atoms with Crippen LogP contribution in [0.15, 0.2) is 61.1 Å². The van der Waals surface area contributed by atoms with Gasteiger partial charge in [0, 0.05) is 5.56 Å². The van der Waals surface area contributed by atoms with E-state index in [0.29, 0.717) is 5.82 Å². The van der Waals surface area contributed by atoms with E-state index in [0.717, 1.165) is 27.9 Å². The van der Waals surface area contributed by atoms with Crippen LogP contribution in [0.3, 0.4) is 0 Å². The van der Waals surface area contributed by atoms with Gasteiger partial charge in [-0.25, -0.2) is 19.2 Å². The van der Waals surface area contributed by atoms with E-state index in [2.05, 4.69) is 47.2 Å². The fourth-order valence-corrected chi connectivity index (χ4v) is 3.08. The third-order valence-corrected chi connectivity index (χ3v) is 4.67. The monoisotopic (exact) mass is 340 g/mol. The zero-order valence-corrected chi connectivity index (χ0v) is 14.5. The molecule has 0 atom stereocenters. The molecule has 0 bridgehead atoms. The maximum absolute atomic E-state index is 4.71. The van der Waals surface area contributed by atoms with Gasteiger partial charge < -0.3 is 0 Å². The Bertz CT molecular complexity index is 1250. The molecule has 126 valence electrons. The normalized spacial score (nSPS) is 11.5. The minimum absolute atomic E-state index is 0.679. The van der Waals surface area contributed by atoms with E-state index in [1.165, 1.54) is 11.1 Å². The first-order valence-corrected chi connectivity index (χ1v) is 8.43. The number of benzene rings is 2. The summed E-state index contributed by atoms with van der Waals surface area (Å²) in [7, 11) is 0. The van der Waals surface area contributed by atoms with Crippen LogP contribution in [0.4, 0.5) is 0 Å². The van der Waals surface area contributed by atoms with Crippen molar-refractivity contribution in [3.05, 3.63) is 72.2 Å². The van der Waals surface area contributed by atoms with E-state index >= 15 is 0 Å². The van der Waals surface area contributed by atoms with E-state index in [1.54, 1.807) is 17.0 Å². The van der Waals surface area contributed by atoms with Crippen LogP contribution >= 0.6 is 0 Å². The Hall–Kier alpha value is -3.54. The second-order valence-corrected chi connectivity index (χ2v) is 6.38. The van der Waals surface area contributed by atoms with Crippen molar-refractivity contribution in [1.82, 2.24) is 29.4 Å². The number of aromatic nitrogens is 6. The molecule has 0 aliphatic rings. The third-order valence-electron chi connectivity index (χ3n) is 4.67. The second kappa shape index (κ2) is 5.49. The molecule has 5 aromatic rings. The van der Waals surface area contributed by atoms with E-state index in [4.69, 9.17) is 4.98 Å². The highest BCUT2D eigenvalue weighted by Crippen LogP contribution is 2.23. The molecule has 3 aromatic heterocycles. The Labute approximate surface area is 149 Å². The van der Waals surface area contributed by atoms with Crippen molar-refractivity contribution in [2.24, 2.45) is 0 Å². The summed E-state index contributed by atoms with van der Waals surface area (Å²) < 4.78 is 3.55. The summed E-state index contributed by atoms with van der Waals surface area (Å²) in [5.74, 6) is 0.679. The summed E-state index contributed by atoms with van der Waals surface area (Å²) >= 11 is 0. The summed E-state index contributed by atoms with van der Waals surface area (Å²) in [4.78, 5) is 9.27. The summed E-state index contributed by atoms with van der Waals surface area (Å²) in [6, 6.07) is 16.2. The number of nitrogens with zero attached hydrogens (tertiary/aromatic N) is 6. The molecule has 6 nitrogen and oxygen atoms in total. The van der Waals surface area contributed by atoms with Crippen molar-refractivity contribution in [3.63, 3.8) is 0 Å². The van der Waals surface area contributed by atoms with Crippen LogP contribution in [0.1, 0.15) is 11.1 Å². The van der Waals surface area contributed by atoms with Crippen LogP contribution in [0, 0.1) is 13.8 Å². The topological polar surface area (TPSA) is 60.9 Å². The minimum Gasteiger partial charge on any atom is -0.216 e. The van der Waals surface area contributed by atoms with Crippen LogP contribution in [0.5, 0.6) is 0 Å². The third kappa shape index (κ3) is 2.19. The predicted molar refractivity (Wildman–Crippen MR) is 100 cm³/mol. The van der Waals surface area contributed by atoms with Gasteiger partial charge in [0.25, 0.3) is 0 Å². The fourth-order valence-electron chi connectivity index (χ4n) is 3.08. The second-order valence-electron chi connectivity index (χ2n) is 6.38. The summed E-state index contributed by atoms with van der Waals surface area (Å²) in [6.45, 7) is 4.20. The van der Waals surface area contributed by atoms with Gasteiger partial charge in [-0.2, -0.15) is 5.10 Å². The molecule has 0 radical (unpaired) electrons. The number of hydrogen-bond donors (Lipinski definition) is 0. The highest BCUT2D eigenvalue weighted by Gasteiger charge is 2.14. The molecule has 0 amide bonds. The van der Waals surface area contributed by atoms with Gasteiger partial charge in [0.15, 0.2) is 17.1 Å². The first kappa shape index (κ1) is 14.8. The number of hydrogen-bond acceptors (Lipinski definition) is 4. The predicted octanol–water partition coefficient (Wildman–Crippen LogP) is 3.75. The van der Waals surface area contributed by atoms with Gasteiger partial charge in [-0.15, -0.1) is 5.10 Å². The molecule has 0 N–H and O–H groups in total. The average molecular weight is 340 g/mol.